The standard InChI is InChI=1S/C15H16N4/c1-10-7-16-15-13(10)6-12(8-17-15)14-4-5-19(18-14)9-11-2-3-11/h4-8,11H,2-3,9H2,1H3,(H,16,17). The van der Waals surface area contributed by atoms with Crippen LogP contribution in [0.3, 0.4) is 0 Å². The van der Waals surface area contributed by atoms with Crippen LogP contribution in [0.5, 0.6) is 0 Å². The van der Waals surface area contributed by atoms with Gasteiger partial charge in [0.2, 0.25) is 0 Å². The molecule has 96 valence electrons. The molecule has 0 aliphatic heterocycles. The van der Waals surface area contributed by atoms with E-state index in [0.717, 1.165) is 29.4 Å². The average molecular weight is 252 g/mol. The van der Waals surface area contributed by atoms with Gasteiger partial charge in [-0.3, -0.25) is 4.68 Å². The fraction of sp³-hybridized carbons (Fsp3) is 0.333. The van der Waals surface area contributed by atoms with Crippen LogP contribution in [0, 0.1) is 12.8 Å². The first-order valence-electron chi connectivity index (χ1n) is 6.77. The first kappa shape index (κ1) is 10.8. The van der Waals surface area contributed by atoms with Crippen molar-refractivity contribution in [3.8, 4) is 11.3 Å². The highest BCUT2D eigenvalue weighted by molar-refractivity contribution is 5.83. The Kier molecular flexibility index (Phi) is 2.24. The molecule has 0 unspecified atom stereocenters. The van der Waals surface area contributed by atoms with Gasteiger partial charge in [-0.05, 0) is 43.4 Å². The third-order valence-corrected chi connectivity index (χ3v) is 3.82. The maximum Gasteiger partial charge on any atom is 0.137 e. The number of aromatic amines is 1. The summed E-state index contributed by atoms with van der Waals surface area (Å²) in [6, 6.07) is 4.24. The number of aromatic nitrogens is 4. The van der Waals surface area contributed by atoms with Crippen molar-refractivity contribution in [3.63, 3.8) is 0 Å². The molecule has 0 amide bonds. The van der Waals surface area contributed by atoms with E-state index in [1.807, 2.05) is 12.4 Å². The van der Waals surface area contributed by atoms with Crippen LogP contribution in [0.1, 0.15) is 18.4 Å². The van der Waals surface area contributed by atoms with E-state index >= 15 is 0 Å². The Balaban J connectivity index is 1.71. The molecule has 0 atom stereocenters. The van der Waals surface area contributed by atoms with E-state index in [4.69, 9.17) is 0 Å². The molecule has 4 heteroatoms. The molecule has 1 fully saturated rings. The lowest BCUT2D eigenvalue weighted by molar-refractivity contribution is 0.564. The van der Waals surface area contributed by atoms with Crippen molar-refractivity contribution in [1.29, 1.82) is 0 Å². The number of fused-ring (bicyclic) bond motifs is 1. The Morgan fingerprint density at radius 3 is 3.16 bits per heavy atom. The summed E-state index contributed by atoms with van der Waals surface area (Å²) in [5.41, 5.74) is 4.26. The molecule has 1 saturated carbocycles. The molecular formula is C15H16N4. The van der Waals surface area contributed by atoms with Crippen molar-refractivity contribution in [3.05, 3.63) is 36.3 Å². The largest absolute Gasteiger partial charge is 0.346 e. The molecule has 0 radical (unpaired) electrons. The van der Waals surface area contributed by atoms with Gasteiger partial charge in [-0.1, -0.05) is 0 Å². The van der Waals surface area contributed by atoms with Crippen LogP contribution in [0.15, 0.2) is 30.7 Å². The van der Waals surface area contributed by atoms with Crippen LogP contribution in [-0.4, -0.2) is 19.7 Å². The van der Waals surface area contributed by atoms with Crippen molar-refractivity contribution in [2.75, 3.05) is 0 Å². The second-order valence-electron chi connectivity index (χ2n) is 5.46. The molecule has 1 aliphatic rings. The van der Waals surface area contributed by atoms with Gasteiger partial charge in [0.25, 0.3) is 0 Å². The van der Waals surface area contributed by atoms with Gasteiger partial charge in [-0.2, -0.15) is 5.10 Å². The molecule has 19 heavy (non-hydrogen) atoms. The van der Waals surface area contributed by atoms with E-state index in [-0.39, 0.29) is 0 Å². The van der Waals surface area contributed by atoms with Crippen LogP contribution in [0.25, 0.3) is 22.3 Å². The third-order valence-electron chi connectivity index (χ3n) is 3.82. The number of hydrogen-bond acceptors (Lipinski definition) is 2. The van der Waals surface area contributed by atoms with Gasteiger partial charge in [0, 0.05) is 36.1 Å². The molecule has 0 bridgehead atoms. The Labute approximate surface area is 111 Å². The van der Waals surface area contributed by atoms with E-state index in [1.54, 1.807) is 0 Å². The van der Waals surface area contributed by atoms with Crippen molar-refractivity contribution in [2.24, 2.45) is 5.92 Å². The predicted molar refractivity (Wildman–Crippen MR) is 74.8 cm³/mol. The van der Waals surface area contributed by atoms with E-state index in [0.29, 0.717) is 0 Å². The molecule has 3 aromatic rings. The van der Waals surface area contributed by atoms with Gasteiger partial charge in [-0.25, -0.2) is 4.98 Å². The molecule has 3 aromatic heterocycles. The van der Waals surface area contributed by atoms with Crippen molar-refractivity contribution in [2.45, 2.75) is 26.3 Å². The van der Waals surface area contributed by atoms with Crippen LogP contribution in [0.4, 0.5) is 0 Å². The predicted octanol–water partition coefficient (Wildman–Crippen LogP) is 3.14. The number of rotatable bonds is 3. The van der Waals surface area contributed by atoms with Crippen LogP contribution in [0.2, 0.25) is 0 Å². The zero-order chi connectivity index (χ0) is 12.8. The van der Waals surface area contributed by atoms with Gasteiger partial charge in [0.15, 0.2) is 0 Å². The van der Waals surface area contributed by atoms with Gasteiger partial charge in [-0.15, -0.1) is 0 Å². The SMILES string of the molecule is Cc1c[nH]c2ncc(-c3ccn(CC4CC4)n3)cc12. The van der Waals surface area contributed by atoms with Crippen molar-refractivity contribution >= 4 is 11.0 Å². The molecule has 4 rings (SSSR count). The first-order chi connectivity index (χ1) is 9.29. The minimum Gasteiger partial charge on any atom is -0.346 e. The molecule has 0 saturated heterocycles. The summed E-state index contributed by atoms with van der Waals surface area (Å²) in [6.07, 6.45) is 8.66. The number of nitrogens with zero attached hydrogens (tertiary/aromatic N) is 3. The molecule has 1 aliphatic carbocycles. The number of nitrogens with one attached hydrogen (secondary N) is 1. The molecule has 0 spiro atoms. The number of H-pyrrole nitrogens is 1. The molecular weight excluding hydrogens is 236 g/mol. The summed E-state index contributed by atoms with van der Waals surface area (Å²) < 4.78 is 2.06. The lowest BCUT2D eigenvalue weighted by Gasteiger charge is -1.99. The second-order valence-corrected chi connectivity index (χ2v) is 5.46. The zero-order valence-electron chi connectivity index (χ0n) is 10.9. The summed E-state index contributed by atoms with van der Waals surface area (Å²) >= 11 is 0. The number of pyridine rings is 1. The smallest absolute Gasteiger partial charge is 0.137 e. The summed E-state index contributed by atoms with van der Waals surface area (Å²) in [5, 5.41) is 5.82. The van der Waals surface area contributed by atoms with Crippen LogP contribution < -0.4 is 0 Å². The topological polar surface area (TPSA) is 46.5 Å². The lowest BCUT2D eigenvalue weighted by Crippen LogP contribution is -2.00. The van der Waals surface area contributed by atoms with E-state index in [1.165, 1.54) is 23.8 Å². The van der Waals surface area contributed by atoms with E-state index in [9.17, 15) is 0 Å². The van der Waals surface area contributed by atoms with E-state index in [2.05, 4.69) is 45.0 Å². The zero-order valence-corrected chi connectivity index (χ0v) is 10.9. The number of hydrogen-bond donors (Lipinski definition) is 1. The maximum absolute atomic E-state index is 4.65. The summed E-state index contributed by atoms with van der Waals surface area (Å²) in [6.45, 7) is 3.15. The van der Waals surface area contributed by atoms with Gasteiger partial charge in [0.05, 0.1) is 5.69 Å². The Hall–Kier alpha value is -2.10. The number of aryl methyl sites for hydroxylation is 1. The second kappa shape index (κ2) is 3.95. The summed E-state index contributed by atoms with van der Waals surface area (Å²) in [4.78, 5) is 7.63. The first-order valence-corrected chi connectivity index (χ1v) is 6.77. The van der Waals surface area contributed by atoms with Gasteiger partial charge in [0.1, 0.15) is 5.65 Å². The Morgan fingerprint density at radius 2 is 2.32 bits per heavy atom. The average Bonchev–Trinajstić information content (AvgIpc) is 2.97. The normalized spacial score (nSPS) is 15.2. The molecule has 1 N–H and O–H groups in total. The lowest BCUT2D eigenvalue weighted by atomic mass is 10.1. The van der Waals surface area contributed by atoms with Gasteiger partial charge < -0.3 is 4.98 Å². The Bertz CT molecular complexity index is 734. The quantitative estimate of drug-likeness (QED) is 0.778. The van der Waals surface area contributed by atoms with Crippen LogP contribution >= 0.6 is 0 Å². The van der Waals surface area contributed by atoms with Gasteiger partial charge >= 0.3 is 0 Å². The van der Waals surface area contributed by atoms with Crippen LogP contribution in [-0.2, 0) is 6.54 Å². The monoisotopic (exact) mass is 252 g/mol. The van der Waals surface area contributed by atoms with E-state index < -0.39 is 0 Å². The fourth-order valence-electron chi connectivity index (χ4n) is 2.46. The minimum atomic E-state index is 0.847. The highest BCUT2D eigenvalue weighted by atomic mass is 15.3. The summed E-state index contributed by atoms with van der Waals surface area (Å²) in [7, 11) is 0. The third kappa shape index (κ3) is 1.93. The maximum atomic E-state index is 4.65. The summed E-state index contributed by atoms with van der Waals surface area (Å²) in [5.74, 6) is 0.847. The van der Waals surface area contributed by atoms with Crippen molar-refractivity contribution < 1.29 is 0 Å². The molecule has 0 aromatic carbocycles. The van der Waals surface area contributed by atoms with Crippen molar-refractivity contribution in [1.82, 2.24) is 19.7 Å². The Morgan fingerprint density at radius 1 is 1.42 bits per heavy atom. The molecule has 4 nitrogen and oxygen atoms in total. The highest BCUT2D eigenvalue weighted by Gasteiger charge is 2.22. The highest BCUT2D eigenvalue weighted by Crippen LogP contribution is 2.31. The fourth-order valence-corrected chi connectivity index (χ4v) is 2.46. The minimum absolute atomic E-state index is 0.847. The molecule has 3 heterocycles.